The zero-order valence-electron chi connectivity index (χ0n) is 15.9. The monoisotopic (exact) mass is 384 g/mol. The molecule has 1 aromatic carbocycles. The van der Waals surface area contributed by atoms with E-state index in [1.54, 1.807) is 6.07 Å². The maximum Gasteiger partial charge on any atom is 0.416 e. The second-order valence-electron chi connectivity index (χ2n) is 7.30. The van der Waals surface area contributed by atoms with Gasteiger partial charge in [-0.1, -0.05) is 37.6 Å². The fraction of sp³-hybridized carbons (Fsp3) is 0.600. The molecule has 0 atom stereocenters. The van der Waals surface area contributed by atoms with Gasteiger partial charge in [-0.15, -0.1) is 0 Å². The molecule has 0 unspecified atom stereocenters. The zero-order valence-corrected chi connectivity index (χ0v) is 15.9. The van der Waals surface area contributed by atoms with E-state index in [1.165, 1.54) is 6.07 Å². The Morgan fingerprint density at radius 1 is 1.26 bits per heavy atom. The minimum absolute atomic E-state index is 0.00866. The first kappa shape index (κ1) is 21.3. The molecule has 4 nitrogen and oxygen atoms in total. The largest absolute Gasteiger partial charge is 0.416 e. The van der Waals surface area contributed by atoms with E-state index in [0.717, 1.165) is 30.7 Å². The van der Waals surface area contributed by atoms with Crippen LogP contribution >= 0.6 is 0 Å². The van der Waals surface area contributed by atoms with E-state index >= 15 is 0 Å². The van der Waals surface area contributed by atoms with E-state index in [2.05, 4.69) is 19.0 Å². The number of nitrogens with zero attached hydrogens (tertiary/aromatic N) is 2. The minimum Gasteiger partial charge on any atom is -0.391 e. The fourth-order valence-corrected chi connectivity index (χ4v) is 2.96. The Kier molecular flexibility index (Phi) is 7.68. The molecular weight excluding hydrogens is 357 g/mol. The van der Waals surface area contributed by atoms with Gasteiger partial charge in [-0.2, -0.15) is 13.2 Å². The van der Waals surface area contributed by atoms with Crippen LogP contribution in [0.4, 0.5) is 13.2 Å². The first-order valence-corrected chi connectivity index (χ1v) is 9.37. The van der Waals surface area contributed by atoms with Gasteiger partial charge in [-0.3, -0.25) is 4.79 Å². The number of halogens is 3. The standard InChI is InChI=1S/C20H27F3N2O2/c1-15(2)5-3-8-19(26)25-11-9-18(10-12-25)24-27-14-16-6-4-7-17(13-16)20(21,22)23/h4,6-7,13,15H,3,5,8-12,14H2,1-2H3. The summed E-state index contributed by atoms with van der Waals surface area (Å²) in [6, 6.07) is 5.04. The van der Waals surface area contributed by atoms with Crippen molar-refractivity contribution < 1.29 is 22.8 Å². The van der Waals surface area contributed by atoms with Gasteiger partial charge < -0.3 is 9.74 Å². The van der Waals surface area contributed by atoms with E-state index in [0.29, 0.717) is 43.8 Å². The smallest absolute Gasteiger partial charge is 0.391 e. The normalized spacial score (nSPS) is 15.2. The van der Waals surface area contributed by atoms with E-state index in [1.807, 2.05) is 4.90 Å². The summed E-state index contributed by atoms with van der Waals surface area (Å²) in [7, 11) is 0. The van der Waals surface area contributed by atoms with Crippen LogP contribution in [0.1, 0.15) is 57.1 Å². The number of piperidine rings is 1. The summed E-state index contributed by atoms with van der Waals surface area (Å²) in [4.78, 5) is 19.2. The van der Waals surface area contributed by atoms with Crippen molar-refractivity contribution in [2.24, 2.45) is 11.1 Å². The zero-order chi connectivity index (χ0) is 19.9. The number of likely N-dealkylation sites (tertiary alicyclic amines) is 1. The molecule has 1 aromatic rings. The molecule has 0 radical (unpaired) electrons. The third kappa shape index (κ3) is 7.23. The third-order valence-electron chi connectivity index (χ3n) is 4.54. The molecule has 0 aliphatic carbocycles. The lowest BCUT2D eigenvalue weighted by Gasteiger charge is -2.27. The van der Waals surface area contributed by atoms with Gasteiger partial charge in [0.2, 0.25) is 5.91 Å². The van der Waals surface area contributed by atoms with Gasteiger partial charge in [-0.25, -0.2) is 0 Å². The SMILES string of the molecule is CC(C)CCCC(=O)N1CCC(=NOCc2cccc(C(F)(F)F)c2)CC1. The van der Waals surface area contributed by atoms with Crippen molar-refractivity contribution >= 4 is 11.6 Å². The van der Waals surface area contributed by atoms with E-state index < -0.39 is 11.7 Å². The Morgan fingerprint density at radius 2 is 1.96 bits per heavy atom. The lowest BCUT2D eigenvalue weighted by Crippen LogP contribution is -2.38. The molecule has 0 N–H and O–H groups in total. The number of alkyl halides is 3. The van der Waals surface area contributed by atoms with Gasteiger partial charge >= 0.3 is 6.18 Å². The van der Waals surface area contributed by atoms with Gasteiger partial charge in [0.05, 0.1) is 11.3 Å². The van der Waals surface area contributed by atoms with Crippen molar-refractivity contribution in [3.05, 3.63) is 35.4 Å². The van der Waals surface area contributed by atoms with Crippen molar-refractivity contribution in [1.82, 2.24) is 4.90 Å². The van der Waals surface area contributed by atoms with Crippen LogP contribution in [-0.2, 0) is 22.4 Å². The lowest BCUT2D eigenvalue weighted by atomic mass is 10.0. The topological polar surface area (TPSA) is 41.9 Å². The number of benzene rings is 1. The quantitative estimate of drug-likeness (QED) is 0.619. The Balaban J connectivity index is 1.75. The molecule has 0 saturated carbocycles. The van der Waals surface area contributed by atoms with Crippen LogP contribution in [0.25, 0.3) is 0 Å². The molecule has 0 spiro atoms. The highest BCUT2D eigenvalue weighted by molar-refractivity contribution is 5.87. The molecule has 1 saturated heterocycles. The van der Waals surface area contributed by atoms with Gasteiger partial charge in [0.1, 0.15) is 6.61 Å². The van der Waals surface area contributed by atoms with Crippen LogP contribution < -0.4 is 0 Å². The number of amides is 1. The number of hydrogen-bond donors (Lipinski definition) is 0. The molecule has 1 heterocycles. The molecule has 1 amide bonds. The Morgan fingerprint density at radius 3 is 2.59 bits per heavy atom. The average molecular weight is 384 g/mol. The van der Waals surface area contributed by atoms with Crippen LogP contribution in [0.5, 0.6) is 0 Å². The van der Waals surface area contributed by atoms with Crippen molar-refractivity contribution in [2.75, 3.05) is 13.1 Å². The predicted octanol–water partition coefficient (Wildman–Crippen LogP) is 5.03. The van der Waals surface area contributed by atoms with E-state index in [9.17, 15) is 18.0 Å². The molecule has 150 valence electrons. The van der Waals surface area contributed by atoms with E-state index in [-0.39, 0.29) is 12.5 Å². The second kappa shape index (κ2) is 9.76. The summed E-state index contributed by atoms with van der Waals surface area (Å²) in [5.41, 5.74) is 0.570. The molecule has 27 heavy (non-hydrogen) atoms. The molecule has 1 aliphatic heterocycles. The van der Waals surface area contributed by atoms with Gasteiger partial charge in [0, 0.05) is 32.4 Å². The highest BCUT2D eigenvalue weighted by Crippen LogP contribution is 2.29. The minimum atomic E-state index is -4.36. The summed E-state index contributed by atoms with van der Waals surface area (Å²) in [5, 5.41) is 4.05. The predicted molar refractivity (Wildman–Crippen MR) is 98.2 cm³/mol. The van der Waals surface area contributed by atoms with Crippen LogP contribution in [0, 0.1) is 5.92 Å². The molecule has 7 heteroatoms. The molecule has 2 rings (SSSR count). The number of carbonyl (C=O) groups excluding carboxylic acids is 1. The Bertz CT molecular complexity index is 647. The fourth-order valence-electron chi connectivity index (χ4n) is 2.96. The molecule has 1 fully saturated rings. The highest BCUT2D eigenvalue weighted by Gasteiger charge is 2.30. The van der Waals surface area contributed by atoms with Crippen LogP contribution in [0.15, 0.2) is 29.4 Å². The Hall–Kier alpha value is -2.05. The molecular formula is C20H27F3N2O2. The summed E-state index contributed by atoms with van der Waals surface area (Å²) in [5.74, 6) is 0.784. The highest BCUT2D eigenvalue weighted by atomic mass is 19.4. The van der Waals surface area contributed by atoms with Crippen LogP contribution in [-0.4, -0.2) is 29.6 Å². The maximum atomic E-state index is 12.7. The number of carbonyl (C=O) groups is 1. The first-order valence-electron chi connectivity index (χ1n) is 9.37. The Labute approximate surface area is 158 Å². The van der Waals surface area contributed by atoms with Crippen LogP contribution in [0.3, 0.4) is 0 Å². The summed E-state index contributed by atoms with van der Waals surface area (Å²) < 4.78 is 38.1. The third-order valence-corrected chi connectivity index (χ3v) is 4.54. The van der Waals surface area contributed by atoms with Gasteiger partial charge in [0.15, 0.2) is 0 Å². The number of hydrogen-bond acceptors (Lipinski definition) is 3. The van der Waals surface area contributed by atoms with Crippen molar-refractivity contribution in [3.8, 4) is 0 Å². The number of rotatable bonds is 7. The van der Waals surface area contributed by atoms with Gasteiger partial charge in [0.25, 0.3) is 0 Å². The molecule has 0 aromatic heterocycles. The number of oxime groups is 1. The van der Waals surface area contributed by atoms with Crippen molar-refractivity contribution in [3.63, 3.8) is 0 Å². The van der Waals surface area contributed by atoms with Crippen molar-refractivity contribution in [2.45, 2.75) is 58.7 Å². The van der Waals surface area contributed by atoms with E-state index in [4.69, 9.17) is 4.84 Å². The second-order valence-corrected chi connectivity index (χ2v) is 7.30. The summed E-state index contributed by atoms with van der Waals surface area (Å²) in [6.07, 6.45) is -0.548. The average Bonchev–Trinajstić information content (AvgIpc) is 2.61. The first-order chi connectivity index (χ1) is 12.8. The molecule has 1 aliphatic rings. The molecule has 0 bridgehead atoms. The van der Waals surface area contributed by atoms with Gasteiger partial charge in [-0.05, 0) is 30.0 Å². The van der Waals surface area contributed by atoms with Crippen LogP contribution in [0.2, 0.25) is 0 Å². The lowest BCUT2D eigenvalue weighted by molar-refractivity contribution is -0.137. The summed E-state index contributed by atoms with van der Waals surface area (Å²) >= 11 is 0. The summed E-state index contributed by atoms with van der Waals surface area (Å²) in [6.45, 7) is 5.52. The van der Waals surface area contributed by atoms with Crippen molar-refractivity contribution in [1.29, 1.82) is 0 Å². The maximum absolute atomic E-state index is 12.7.